The van der Waals surface area contributed by atoms with E-state index in [1.165, 1.54) is 0 Å². The van der Waals surface area contributed by atoms with Crippen LogP contribution < -0.4 is 10.1 Å². The van der Waals surface area contributed by atoms with Crippen molar-refractivity contribution >= 4 is 23.4 Å². The molecule has 10 heteroatoms. The van der Waals surface area contributed by atoms with Crippen molar-refractivity contribution in [1.29, 1.82) is 0 Å². The van der Waals surface area contributed by atoms with Crippen LogP contribution in [0.1, 0.15) is 68.8 Å². The third-order valence-corrected chi connectivity index (χ3v) is 8.42. The average Bonchev–Trinajstić information content (AvgIpc) is 3.02. The first-order chi connectivity index (χ1) is 22.0. The van der Waals surface area contributed by atoms with Crippen molar-refractivity contribution in [3.63, 3.8) is 0 Å². The maximum absolute atomic E-state index is 14.3. The number of benzene rings is 2. The largest absolute Gasteiger partial charge is 0.490 e. The Morgan fingerprint density at radius 1 is 1.09 bits per heavy atom. The van der Waals surface area contributed by atoms with Crippen LogP contribution in [-0.4, -0.2) is 110 Å². The Kier molecular flexibility index (Phi) is 15.0. The van der Waals surface area contributed by atoms with Crippen molar-refractivity contribution in [1.82, 2.24) is 14.7 Å². The van der Waals surface area contributed by atoms with Gasteiger partial charge >= 0.3 is 0 Å². The molecular formula is C36H54N4O6. The minimum absolute atomic E-state index is 0.0652. The predicted molar refractivity (Wildman–Crippen MR) is 181 cm³/mol. The maximum Gasteiger partial charge on any atom is 0.258 e. The zero-order chi connectivity index (χ0) is 33.6. The van der Waals surface area contributed by atoms with Crippen LogP contribution in [0.5, 0.6) is 5.75 Å². The number of nitrogens with zero attached hydrogens (tertiary/aromatic N) is 3. The standard InChI is InChI=1S/C36H54N4O6/c1-26-23-40(27(2)25-41)36(44)31-22-30(37-34(42)21-29-14-8-7-9-15-29)17-18-32(31)46-28(3)13-10-11-20-45-33(26)24-39(6)35(43)16-12-19-38(4)5/h7-9,14-15,17-18,22,26-28,33,41H,10-13,16,19-21,23-25H2,1-6H3,(H,37,42)/t26-,27+,28-,33-/m0/s1. The van der Waals surface area contributed by atoms with E-state index < -0.39 is 6.04 Å². The summed E-state index contributed by atoms with van der Waals surface area (Å²) < 4.78 is 12.7. The lowest BCUT2D eigenvalue weighted by Gasteiger charge is -2.36. The van der Waals surface area contributed by atoms with E-state index in [9.17, 15) is 19.5 Å². The number of hydrogen-bond donors (Lipinski definition) is 2. The molecule has 0 saturated heterocycles. The number of carbonyl (C=O) groups excluding carboxylic acids is 3. The molecule has 1 aliphatic heterocycles. The number of fused-ring (bicyclic) bond motifs is 1. The van der Waals surface area contributed by atoms with Crippen molar-refractivity contribution in [3.05, 3.63) is 59.7 Å². The van der Waals surface area contributed by atoms with Gasteiger partial charge in [0.05, 0.1) is 36.8 Å². The Bertz CT molecular complexity index is 1260. The smallest absolute Gasteiger partial charge is 0.258 e. The molecule has 0 bridgehead atoms. The topological polar surface area (TPSA) is 112 Å². The SMILES string of the molecule is C[C@H](CO)N1C[C@H](C)[C@H](CN(C)C(=O)CCCN(C)C)OCCCC[C@H](C)Oc2ccc(NC(=O)Cc3ccccc3)cc2C1=O. The van der Waals surface area contributed by atoms with Gasteiger partial charge in [-0.15, -0.1) is 0 Å². The van der Waals surface area contributed by atoms with Gasteiger partial charge in [0, 0.05) is 44.8 Å². The molecule has 4 atom stereocenters. The van der Waals surface area contributed by atoms with Crippen molar-refractivity contribution in [2.45, 2.75) is 77.5 Å². The monoisotopic (exact) mass is 638 g/mol. The molecular weight excluding hydrogens is 584 g/mol. The van der Waals surface area contributed by atoms with E-state index in [1.807, 2.05) is 65.3 Å². The summed E-state index contributed by atoms with van der Waals surface area (Å²) in [6.07, 6.45) is 3.48. The molecule has 1 heterocycles. The van der Waals surface area contributed by atoms with E-state index in [2.05, 4.69) is 10.2 Å². The summed E-state index contributed by atoms with van der Waals surface area (Å²) >= 11 is 0. The Morgan fingerprint density at radius 2 is 1.83 bits per heavy atom. The van der Waals surface area contributed by atoms with E-state index in [0.717, 1.165) is 37.8 Å². The Labute approximate surface area is 275 Å². The summed E-state index contributed by atoms with van der Waals surface area (Å²) in [5, 5.41) is 13.1. The second kappa shape index (κ2) is 18.6. The molecule has 46 heavy (non-hydrogen) atoms. The predicted octanol–water partition coefficient (Wildman–Crippen LogP) is 4.46. The van der Waals surface area contributed by atoms with E-state index in [1.54, 1.807) is 34.9 Å². The molecule has 2 N–H and O–H groups in total. The van der Waals surface area contributed by atoms with E-state index >= 15 is 0 Å². The van der Waals surface area contributed by atoms with Crippen molar-refractivity contribution in [2.24, 2.45) is 5.92 Å². The average molecular weight is 639 g/mol. The number of rotatable bonds is 11. The quantitative estimate of drug-likeness (QED) is 0.374. The third-order valence-electron chi connectivity index (χ3n) is 8.42. The molecule has 3 amide bonds. The Balaban J connectivity index is 1.87. The van der Waals surface area contributed by atoms with E-state index in [-0.39, 0.29) is 48.9 Å². The normalized spacial score (nSPS) is 20.3. The van der Waals surface area contributed by atoms with Crippen LogP contribution in [-0.2, 0) is 20.7 Å². The van der Waals surface area contributed by atoms with Gasteiger partial charge in [0.15, 0.2) is 0 Å². The summed E-state index contributed by atoms with van der Waals surface area (Å²) in [6.45, 7) is 7.66. The number of likely N-dealkylation sites (N-methyl/N-ethyl adjacent to an activating group) is 1. The molecule has 0 fully saturated rings. The number of amides is 3. The first-order valence-corrected chi connectivity index (χ1v) is 16.5. The molecule has 1 aliphatic rings. The number of aliphatic hydroxyl groups excluding tert-OH is 1. The van der Waals surface area contributed by atoms with Crippen LogP contribution in [0.2, 0.25) is 0 Å². The molecule has 0 aliphatic carbocycles. The van der Waals surface area contributed by atoms with Gasteiger partial charge in [0.2, 0.25) is 11.8 Å². The van der Waals surface area contributed by atoms with Gasteiger partial charge in [-0.2, -0.15) is 0 Å². The van der Waals surface area contributed by atoms with Gasteiger partial charge in [-0.3, -0.25) is 14.4 Å². The third kappa shape index (κ3) is 11.7. The molecule has 0 unspecified atom stereocenters. The molecule has 2 aromatic carbocycles. The molecule has 0 radical (unpaired) electrons. The Hall–Kier alpha value is -3.47. The number of hydrogen-bond acceptors (Lipinski definition) is 7. The summed E-state index contributed by atoms with van der Waals surface area (Å²) in [5.41, 5.74) is 1.70. The second-order valence-electron chi connectivity index (χ2n) is 12.9. The highest BCUT2D eigenvalue weighted by molar-refractivity contribution is 6.00. The number of anilines is 1. The zero-order valence-corrected chi connectivity index (χ0v) is 28.5. The molecule has 10 nitrogen and oxygen atoms in total. The molecule has 0 saturated carbocycles. The number of aliphatic hydroxyl groups is 1. The van der Waals surface area contributed by atoms with Crippen LogP contribution in [0, 0.1) is 5.92 Å². The van der Waals surface area contributed by atoms with Crippen LogP contribution >= 0.6 is 0 Å². The fraction of sp³-hybridized carbons (Fsp3) is 0.583. The number of carbonyl (C=O) groups is 3. The van der Waals surface area contributed by atoms with E-state index in [0.29, 0.717) is 43.1 Å². The van der Waals surface area contributed by atoms with Gasteiger partial charge in [-0.1, -0.05) is 37.3 Å². The Morgan fingerprint density at radius 3 is 2.52 bits per heavy atom. The minimum Gasteiger partial charge on any atom is -0.490 e. The van der Waals surface area contributed by atoms with Crippen molar-refractivity contribution in [2.75, 3.05) is 59.3 Å². The molecule has 254 valence electrons. The molecule has 2 aromatic rings. The number of nitrogens with one attached hydrogen (secondary N) is 1. The van der Waals surface area contributed by atoms with Gasteiger partial charge in [-0.05, 0) is 83.9 Å². The van der Waals surface area contributed by atoms with Gasteiger partial charge in [0.25, 0.3) is 5.91 Å². The van der Waals surface area contributed by atoms with Crippen molar-refractivity contribution < 1.29 is 29.0 Å². The van der Waals surface area contributed by atoms with Gasteiger partial charge in [-0.25, -0.2) is 0 Å². The van der Waals surface area contributed by atoms with Gasteiger partial charge in [0.1, 0.15) is 5.75 Å². The highest BCUT2D eigenvalue weighted by Crippen LogP contribution is 2.28. The lowest BCUT2D eigenvalue weighted by Crippen LogP contribution is -2.48. The molecule has 3 rings (SSSR count). The first-order valence-electron chi connectivity index (χ1n) is 16.5. The molecule has 0 aromatic heterocycles. The van der Waals surface area contributed by atoms with Crippen LogP contribution in [0.3, 0.4) is 0 Å². The lowest BCUT2D eigenvalue weighted by atomic mass is 10.0. The zero-order valence-electron chi connectivity index (χ0n) is 28.5. The number of ether oxygens (including phenoxy) is 2. The maximum atomic E-state index is 14.3. The highest BCUT2D eigenvalue weighted by Gasteiger charge is 2.31. The summed E-state index contributed by atoms with van der Waals surface area (Å²) in [4.78, 5) is 45.6. The molecule has 0 spiro atoms. The second-order valence-corrected chi connectivity index (χ2v) is 12.9. The summed E-state index contributed by atoms with van der Waals surface area (Å²) in [7, 11) is 5.79. The van der Waals surface area contributed by atoms with Gasteiger partial charge < -0.3 is 34.6 Å². The fourth-order valence-corrected chi connectivity index (χ4v) is 5.56. The fourth-order valence-electron chi connectivity index (χ4n) is 5.56. The van der Waals surface area contributed by atoms with Crippen molar-refractivity contribution in [3.8, 4) is 5.75 Å². The van der Waals surface area contributed by atoms with Crippen LogP contribution in [0.4, 0.5) is 5.69 Å². The lowest BCUT2D eigenvalue weighted by molar-refractivity contribution is -0.132. The minimum atomic E-state index is -0.490. The summed E-state index contributed by atoms with van der Waals surface area (Å²) in [6, 6.07) is 14.1. The van der Waals surface area contributed by atoms with E-state index in [4.69, 9.17) is 9.47 Å². The first kappa shape index (κ1) is 37.0. The summed E-state index contributed by atoms with van der Waals surface area (Å²) in [5.74, 6) is -0.137. The highest BCUT2D eigenvalue weighted by atomic mass is 16.5. The van der Waals surface area contributed by atoms with Crippen LogP contribution in [0.15, 0.2) is 48.5 Å². The van der Waals surface area contributed by atoms with Crippen LogP contribution in [0.25, 0.3) is 0 Å².